The first kappa shape index (κ1) is 21.6. The molecule has 0 unspecified atom stereocenters. The number of hydrogen-bond donors (Lipinski definition) is 2. The van der Waals surface area contributed by atoms with Crippen LogP contribution in [0.1, 0.15) is 43.9 Å². The molecule has 2 heterocycles. The third kappa shape index (κ3) is 3.40. The van der Waals surface area contributed by atoms with Gasteiger partial charge < -0.3 is 14.4 Å². The summed E-state index contributed by atoms with van der Waals surface area (Å²) in [5.41, 5.74) is 3.65. The van der Waals surface area contributed by atoms with Gasteiger partial charge in [-0.1, -0.05) is 13.8 Å². The van der Waals surface area contributed by atoms with Gasteiger partial charge in [0.15, 0.2) is 11.6 Å². The van der Waals surface area contributed by atoms with Gasteiger partial charge in [-0.2, -0.15) is 5.10 Å². The highest BCUT2D eigenvalue weighted by atomic mass is 19.2. The zero-order valence-electron chi connectivity index (χ0n) is 18.7. The summed E-state index contributed by atoms with van der Waals surface area (Å²) in [5, 5.41) is 18.4. The van der Waals surface area contributed by atoms with Crippen molar-refractivity contribution in [2.45, 2.75) is 38.0 Å². The summed E-state index contributed by atoms with van der Waals surface area (Å²) in [7, 11) is 1.63. The molecule has 1 fully saturated rings. The van der Waals surface area contributed by atoms with E-state index in [4.69, 9.17) is 4.74 Å². The Balaban J connectivity index is 1.86. The smallest absolute Gasteiger partial charge is 0.306 e. The Morgan fingerprint density at radius 2 is 2.00 bits per heavy atom. The van der Waals surface area contributed by atoms with E-state index in [1.54, 1.807) is 19.4 Å². The van der Waals surface area contributed by atoms with Gasteiger partial charge in [0, 0.05) is 40.7 Å². The summed E-state index contributed by atoms with van der Waals surface area (Å²) < 4.78 is 35.6. The monoisotopic (exact) mass is 453 g/mol. The van der Waals surface area contributed by atoms with E-state index < -0.39 is 23.0 Å². The number of rotatable bonds is 6. The topological polar surface area (TPSA) is 80.1 Å². The Hall–Kier alpha value is -3.26. The van der Waals surface area contributed by atoms with Crippen LogP contribution in [0.2, 0.25) is 0 Å². The molecule has 0 atom stereocenters. The largest absolute Gasteiger partial charge is 0.481 e. The van der Waals surface area contributed by atoms with Crippen LogP contribution in [0.5, 0.6) is 0 Å². The first-order valence-corrected chi connectivity index (χ1v) is 10.9. The van der Waals surface area contributed by atoms with Crippen LogP contribution in [0.3, 0.4) is 0 Å². The second-order valence-electron chi connectivity index (χ2n) is 9.54. The van der Waals surface area contributed by atoms with E-state index in [9.17, 15) is 18.7 Å². The number of H-pyrrole nitrogens is 1. The van der Waals surface area contributed by atoms with E-state index in [1.165, 1.54) is 6.07 Å². The molecule has 0 spiro atoms. The number of halogens is 2. The summed E-state index contributed by atoms with van der Waals surface area (Å²) in [6.07, 6.45) is 2.79. The van der Waals surface area contributed by atoms with E-state index in [0.29, 0.717) is 25.1 Å². The molecule has 6 nitrogen and oxygen atoms in total. The molecule has 0 saturated heterocycles. The number of aliphatic carboxylic acids is 1. The zero-order valence-corrected chi connectivity index (χ0v) is 18.7. The van der Waals surface area contributed by atoms with Crippen molar-refractivity contribution in [3.05, 3.63) is 59.4 Å². The molecule has 2 N–H and O–H groups in total. The molecule has 2 aromatic heterocycles. The van der Waals surface area contributed by atoms with E-state index >= 15 is 0 Å². The molecule has 8 heteroatoms. The van der Waals surface area contributed by atoms with Gasteiger partial charge in [0.2, 0.25) is 0 Å². The first-order chi connectivity index (χ1) is 15.7. The maximum atomic E-state index is 14.3. The molecule has 0 aliphatic heterocycles. The van der Waals surface area contributed by atoms with Crippen molar-refractivity contribution in [2.75, 3.05) is 13.7 Å². The number of nitrogens with one attached hydrogen (secondary N) is 1. The molecule has 172 valence electrons. The lowest BCUT2D eigenvalue weighted by Crippen LogP contribution is -2.33. The van der Waals surface area contributed by atoms with E-state index in [0.717, 1.165) is 39.1 Å². The number of carboxylic acid groups (broad SMARTS) is 1. The predicted octanol–water partition coefficient (Wildman–Crippen LogP) is 5.29. The number of hydrogen-bond acceptors (Lipinski definition) is 3. The number of nitrogens with zero attached hydrogens (tertiary/aromatic N) is 2. The molecule has 33 heavy (non-hydrogen) atoms. The van der Waals surface area contributed by atoms with Crippen molar-refractivity contribution >= 4 is 27.8 Å². The number of carboxylic acids is 1. The van der Waals surface area contributed by atoms with Crippen LogP contribution in [0.15, 0.2) is 36.5 Å². The van der Waals surface area contributed by atoms with Gasteiger partial charge in [-0.15, -0.1) is 0 Å². The highest BCUT2D eigenvalue weighted by molar-refractivity contribution is 5.99. The number of carbonyl (C=O) groups is 1. The normalized spacial score (nSPS) is 18.7. The molecular formula is C25H25F2N3O3. The molecule has 1 aliphatic rings. The van der Waals surface area contributed by atoms with Gasteiger partial charge in [0.05, 0.1) is 29.8 Å². The highest BCUT2D eigenvalue weighted by Gasteiger charge is 2.42. The number of methoxy groups -OCH3 is 1. The zero-order chi connectivity index (χ0) is 23.5. The number of ether oxygens (including phenoxy) is 1. The number of aromatic amines is 1. The third-order valence-electron chi connectivity index (χ3n) is 6.77. The molecule has 0 bridgehead atoms. The molecule has 1 saturated carbocycles. The second kappa shape index (κ2) is 7.66. The fraction of sp³-hybridized carbons (Fsp3) is 0.360. The van der Waals surface area contributed by atoms with Crippen LogP contribution < -0.4 is 0 Å². The van der Waals surface area contributed by atoms with Gasteiger partial charge >= 0.3 is 5.97 Å². The van der Waals surface area contributed by atoms with Crippen LogP contribution in [-0.2, 0) is 14.9 Å². The molecular weight excluding hydrogens is 428 g/mol. The van der Waals surface area contributed by atoms with Gasteiger partial charge in [0.25, 0.3) is 0 Å². The highest BCUT2D eigenvalue weighted by Crippen LogP contribution is 2.50. The summed E-state index contributed by atoms with van der Waals surface area (Å²) in [5.74, 6) is -2.97. The molecule has 4 aromatic rings. The Kier molecular flexibility index (Phi) is 5.01. The third-order valence-corrected chi connectivity index (χ3v) is 6.77. The SMILES string of the molecule is COCC(C)(C)c1c([C@H]2C[C@H](C(=O)O)C2)c2cc3[nH]ncc3cc2n1-c1ccc(F)c(F)c1. The number of fused-ring (bicyclic) bond motifs is 2. The minimum Gasteiger partial charge on any atom is -0.481 e. The Morgan fingerprint density at radius 3 is 2.67 bits per heavy atom. The van der Waals surface area contributed by atoms with Gasteiger partial charge in [-0.05, 0) is 48.6 Å². The maximum absolute atomic E-state index is 14.3. The summed E-state index contributed by atoms with van der Waals surface area (Å²) in [6.45, 7) is 4.49. The fourth-order valence-corrected chi connectivity index (χ4v) is 5.21. The fourth-order valence-electron chi connectivity index (χ4n) is 5.21. The predicted molar refractivity (Wildman–Crippen MR) is 121 cm³/mol. The Bertz CT molecular complexity index is 1380. The second-order valence-corrected chi connectivity index (χ2v) is 9.54. The minimum atomic E-state index is -0.926. The van der Waals surface area contributed by atoms with E-state index in [-0.39, 0.29) is 11.8 Å². The molecule has 5 rings (SSSR count). The Labute approximate surface area is 189 Å². The van der Waals surface area contributed by atoms with E-state index in [1.807, 2.05) is 30.5 Å². The van der Waals surface area contributed by atoms with Gasteiger partial charge in [-0.25, -0.2) is 8.78 Å². The minimum absolute atomic E-state index is 0.0339. The van der Waals surface area contributed by atoms with Crippen LogP contribution in [0.4, 0.5) is 8.78 Å². The van der Waals surface area contributed by atoms with Crippen molar-refractivity contribution < 1.29 is 23.4 Å². The van der Waals surface area contributed by atoms with E-state index in [2.05, 4.69) is 10.2 Å². The standard InChI is InChI=1S/C25H25F2N3O3/c1-25(2,12-33-3)23-22(13-6-14(7-13)24(31)32)17-10-20-15(11-28-29-20)8-21(17)30(23)16-4-5-18(26)19(27)9-16/h4-5,8-11,13-14H,6-7,12H2,1-3H3,(H,28,29)(H,31,32)/t13-,14-. The summed E-state index contributed by atoms with van der Waals surface area (Å²) in [6, 6.07) is 7.89. The van der Waals surface area contributed by atoms with Gasteiger partial charge in [-0.3, -0.25) is 9.89 Å². The molecule has 0 radical (unpaired) electrons. The number of aromatic nitrogens is 3. The lowest BCUT2D eigenvalue weighted by molar-refractivity contribution is -0.145. The van der Waals surface area contributed by atoms with Crippen LogP contribution in [-0.4, -0.2) is 39.6 Å². The van der Waals surface area contributed by atoms with Crippen LogP contribution in [0, 0.1) is 17.6 Å². The molecule has 2 aromatic carbocycles. The summed E-state index contributed by atoms with van der Waals surface area (Å²) in [4.78, 5) is 11.5. The Morgan fingerprint density at radius 1 is 1.24 bits per heavy atom. The maximum Gasteiger partial charge on any atom is 0.306 e. The van der Waals surface area contributed by atoms with Gasteiger partial charge in [0.1, 0.15) is 0 Å². The lowest BCUT2D eigenvalue weighted by Gasteiger charge is -2.36. The summed E-state index contributed by atoms with van der Waals surface area (Å²) >= 11 is 0. The van der Waals surface area contributed by atoms with Crippen molar-refractivity contribution in [3.8, 4) is 5.69 Å². The quantitative estimate of drug-likeness (QED) is 0.416. The van der Waals surface area contributed by atoms with Crippen LogP contribution in [0.25, 0.3) is 27.5 Å². The van der Waals surface area contributed by atoms with Crippen LogP contribution >= 0.6 is 0 Å². The van der Waals surface area contributed by atoms with Crippen molar-refractivity contribution in [1.82, 2.24) is 14.8 Å². The van der Waals surface area contributed by atoms with Crippen molar-refractivity contribution in [3.63, 3.8) is 0 Å². The molecule has 0 amide bonds. The average Bonchev–Trinajstić information content (AvgIpc) is 3.29. The lowest BCUT2D eigenvalue weighted by atomic mass is 9.68. The number of benzene rings is 2. The van der Waals surface area contributed by atoms with Crippen molar-refractivity contribution in [2.24, 2.45) is 5.92 Å². The first-order valence-electron chi connectivity index (χ1n) is 10.9. The molecule has 1 aliphatic carbocycles. The average molecular weight is 453 g/mol. The van der Waals surface area contributed by atoms with Crippen molar-refractivity contribution in [1.29, 1.82) is 0 Å².